The second-order valence-corrected chi connectivity index (χ2v) is 5.71. The van der Waals surface area contributed by atoms with Crippen LogP contribution in [0, 0.1) is 17.2 Å². The number of nitriles is 1. The molecule has 0 spiro atoms. The van der Waals surface area contributed by atoms with E-state index in [1.165, 1.54) is 6.42 Å². The molecule has 1 atom stereocenters. The first-order valence-corrected chi connectivity index (χ1v) is 7.28. The summed E-state index contributed by atoms with van der Waals surface area (Å²) in [7, 11) is 0. The van der Waals surface area contributed by atoms with Gasteiger partial charge in [-0.1, -0.05) is 6.07 Å². The fourth-order valence-corrected chi connectivity index (χ4v) is 2.87. The van der Waals surface area contributed by atoms with Crippen molar-refractivity contribution in [3.05, 3.63) is 29.8 Å². The van der Waals surface area contributed by atoms with Gasteiger partial charge in [-0.3, -0.25) is 9.59 Å². The van der Waals surface area contributed by atoms with E-state index in [1.807, 2.05) is 11.0 Å². The molecule has 5 nitrogen and oxygen atoms in total. The van der Waals surface area contributed by atoms with Crippen LogP contribution in [0.5, 0.6) is 0 Å². The molecule has 2 fully saturated rings. The van der Waals surface area contributed by atoms with Crippen LogP contribution in [0.2, 0.25) is 0 Å². The van der Waals surface area contributed by atoms with Gasteiger partial charge in [0, 0.05) is 24.7 Å². The molecule has 1 saturated carbocycles. The lowest BCUT2D eigenvalue weighted by Gasteiger charge is -2.34. The van der Waals surface area contributed by atoms with Gasteiger partial charge in [0.15, 0.2) is 0 Å². The first-order chi connectivity index (χ1) is 10.2. The fourth-order valence-electron chi connectivity index (χ4n) is 2.87. The number of carbonyl (C=O) groups is 2. The highest BCUT2D eigenvalue weighted by molar-refractivity contribution is 5.97. The molecule has 1 unspecified atom stereocenters. The summed E-state index contributed by atoms with van der Waals surface area (Å²) in [6.45, 7) is 0.521. The Bertz CT molecular complexity index is 616. The SMILES string of the molecule is N#Cc1cccc(NC(=O)C2CC(=O)N(C3CCC3)C2)c1. The zero-order valence-electron chi connectivity index (χ0n) is 11.7. The minimum atomic E-state index is -0.288. The van der Waals surface area contributed by atoms with Crippen LogP contribution in [0.25, 0.3) is 0 Å². The zero-order chi connectivity index (χ0) is 14.8. The molecule has 21 heavy (non-hydrogen) atoms. The van der Waals surface area contributed by atoms with Crippen LogP contribution in [-0.2, 0) is 9.59 Å². The Morgan fingerprint density at radius 1 is 1.38 bits per heavy atom. The number of anilines is 1. The van der Waals surface area contributed by atoms with Crippen LogP contribution in [0.3, 0.4) is 0 Å². The van der Waals surface area contributed by atoms with Crippen LogP contribution in [-0.4, -0.2) is 29.3 Å². The van der Waals surface area contributed by atoms with E-state index in [4.69, 9.17) is 5.26 Å². The van der Waals surface area contributed by atoms with Gasteiger partial charge >= 0.3 is 0 Å². The number of rotatable bonds is 3. The third-order valence-electron chi connectivity index (χ3n) is 4.30. The molecule has 1 aromatic carbocycles. The van der Waals surface area contributed by atoms with Gasteiger partial charge in [-0.05, 0) is 37.5 Å². The third kappa shape index (κ3) is 2.75. The molecule has 5 heteroatoms. The van der Waals surface area contributed by atoms with Crippen LogP contribution >= 0.6 is 0 Å². The molecule has 0 aromatic heterocycles. The van der Waals surface area contributed by atoms with Crippen LogP contribution < -0.4 is 5.32 Å². The molecule has 1 aliphatic carbocycles. The molecule has 3 rings (SSSR count). The maximum absolute atomic E-state index is 12.3. The van der Waals surface area contributed by atoms with Gasteiger partial charge in [0.25, 0.3) is 0 Å². The van der Waals surface area contributed by atoms with E-state index in [2.05, 4.69) is 5.32 Å². The monoisotopic (exact) mass is 283 g/mol. The van der Waals surface area contributed by atoms with Gasteiger partial charge < -0.3 is 10.2 Å². The topological polar surface area (TPSA) is 73.2 Å². The van der Waals surface area contributed by atoms with Crippen molar-refractivity contribution in [2.45, 2.75) is 31.7 Å². The van der Waals surface area contributed by atoms with E-state index < -0.39 is 0 Å². The standard InChI is InChI=1S/C16H17N3O2/c17-9-11-3-1-4-13(7-11)18-16(21)12-8-15(20)19(10-12)14-5-2-6-14/h1,3-4,7,12,14H,2,5-6,8,10H2,(H,18,21). The van der Waals surface area contributed by atoms with Crippen molar-refractivity contribution in [1.29, 1.82) is 5.26 Å². The van der Waals surface area contributed by atoms with E-state index in [1.54, 1.807) is 24.3 Å². The fraction of sp³-hybridized carbons (Fsp3) is 0.438. The lowest BCUT2D eigenvalue weighted by atomic mass is 9.92. The van der Waals surface area contributed by atoms with Gasteiger partial charge in [0.05, 0.1) is 17.6 Å². The predicted molar refractivity (Wildman–Crippen MR) is 77.2 cm³/mol. The lowest BCUT2D eigenvalue weighted by Crippen LogP contribution is -2.41. The number of nitrogens with zero attached hydrogens (tertiary/aromatic N) is 2. The van der Waals surface area contributed by atoms with Crippen molar-refractivity contribution in [2.75, 3.05) is 11.9 Å². The van der Waals surface area contributed by atoms with E-state index >= 15 is 0 Å². The van der Waals surface area contributed by atoms with Gasteiger partial charge in [-0.2, -0.15) is 5.26 Å². The Labute approximate surface area is 123 Å². The lowest BCUT2D eigenvalue weighted by molar-refractivity contribution is -0.131. The highest BCUT2D eigenvalue weighted by Gasteiger charge is 2.39. The van der Waals surface area contributed by atoms with Crippen LogP contribution in [0.1, 0.15) is 31.2 Å². The second kappa shape index (κ2) is 5.57. The number of hydrogen-bond acceptors (Lipinski definition) is 3. The quantitative estimate of drug-likeness (QED) is 0.920. The normalized spacial score (nSPS) is 21.8. The number of nitrogens with one attached hydrogen (secondary N) is 1. The number of carbonyl (C=O) groups excluding carboxylic acids is 2. The Morgan fingerprint density at radius 2 is 2.19 bits per heavy atom. The summed E-state index contributed by atoms with van der Waals surface area (Å²) < 4.78 is 0. The minimum Gasteiger partial charge on any atom is -0.339 e. The summed E-state index contributed by atoms with van der Waals surface area (Å²) >= 11 is 0. The van der Waals surface area contributed by atoms with Gasteiger partial charge in [0.2, 0.25) is 11.8 Å². The summed E-state index contributed by atoms with van der Waals surface area (Å²) in [5, 5.41) is 11.7. The van der Waals surface area contributed by atoms with Crippen molar-refractivity contribution in [1.82, 2.24) is 4.90 Å². The van der Waals surface area contributed by atoms with Crippen molar-refractivity contribution in [3.8, 4) is 6.07 Å². The summed E-state index contributed by atoms with van der Waals surface area (Å²) in [5.74, 6) is -0.338. The second-order valence-electron chi connectivity index (χ2n) is 5.71. The summed E-state index contributed by atoms with van der Waals surface area (Å²) in [6.07, 6.45) is 3.58. The van der Waals surface area contributed by atoms with Crippen LogP contribution in [0.4, 0.5) is 5.69 Å². The zero-order valence-corrected chi connectivity index (χ0v) is 11.7. The molecule has 1 N–H and O–H groups in total. The molecular weight excluding hydrogens is 266 g/mol. The molecule has 1 aromatic rings. The molecule has 1 aliphatic heterocycles. The van der Waals surface area contributed by atoms with E-state index in [0.717, 1.165) is 12.8 Å². The Morgan fingerprint density at radius 3 is 2.86 bits per heavy atom. The van der Waals surface area contributed by atoms with E-state index in [0.29, 0.717) is 30.3 Å². The van der Waals surface area contributed by atoms with E-state index in [9.17, 15) is 9.59 Å². The first-order valence-electron chi connectivity index (χ1n) is 7.28. The maximum Gasteiger partial charge on any atom is 0.229 e. The number of amides is 2. The maximum atomic E-state index is 12.3. The highest BCUT2D eigenvalue weighted by atomic mass is 16.2. The summed E-state index contributed by atoms with van der Waals surface area (Å²) in [5.41, 5.74) is 1.11. The van der Waals surface area contributed by atoms with Crippen molar-refractivity contribution in [3.63, 3.8) is 0 Å². The van der Waals surface area contributed by atoms with Gasteiger partial charge in [-0.15, -0.1) is 0 Å². The number of benzene rings is 1. The smallest absolute Gasteiger partial charge is 0.229 e. The average Bonchev–Trinajstić information content (AvgIpc) is 2.79. The number of likely N-dealkylation sites (tertiary alicyclic amines) is 1. The van der Waals surface area contributed by atoms with Crippen molar-refractivity contribution in [2.24, 2.45) is 5.92 Å². The minimum absolute atomic E-state index is 0.0885. The van der Waals surface area contributed by atoms with Crippen LogP contribution in [0.15, 0.2) is 24.3 Å². The molecular formula is C16H17N3O2. The Kier molecular flexibility index (Phi) is 3.61. The molecule has 0 radical (unpaired) electrons. The van der Waals surface area contributed by atoms with Gasteiger partial charge in [-0.25, -0.2) is 0 Å². The largest absolute Gasteiger partial charge is 0.339 e. The average molecular weight is 283 g/mol. The number of hydrogen-bond donors (Lipinski definition) is 1. The predicted octanol–water partition coefficient (Wildman–Crippen LogP) is 1.90. The van der Waals surface area contributed by atoms with E-state index in [-0.39, 0.29) is 17.7 Å². The molecule has 108 valence electrons. The van der Waals surface area contributed by atoms with Crippen molar-refractivity contribution >= 4 is 17.5 Å². The third-order valence-corrected chi connectivity index (χ3v) is 4.30. The van der Waals surface area contributed by atoms with Crippen molar-refractivity contribution < 1.29 is 9.59 Å². The highest BCUT2D eigenvalue weighted by Crippen LogP contribution is 2.31. The molecule has 0 bridgehead atoms. The molecule has 2 amide bonds. The Balaban J connectivity index is 1.63. The summed E-state index contributed by atoms with van der Waals surface area (Å²) in [4.78, 5) is 26.1. The molecule has 2 aliphatic rings. The summed E-state index contributed by atoms with van der Waals surface area (Å²) in [6, 6.07) is 9.19. The Hall–Kier alpha value is -2.35. The molecule has 1 heterocycles. The van der Waals surface area contributed by atoms with Gasteiger partial charge in [0.1, 0.15) is 0 Å². The first kappa shape index (κ1) is 13.6. The molecule has 1 saturated heterocycles.